The second-order valence-electron chi connectivity index (χ2n) is 7.80. The molecule has 192 valence electrons. The summed E-state index contributed by atoms with van der Waals surface area (Å²) in [6.45, 7) is 3.55. The molecule has 0 bridgehead atoms. The number of halogens is 1. The van der Waals surface area contributed by atoms with E-state index in [2.05, 4.69) is 10.0 Å². The zero-order valence-corrected chi connectivity index (χ0v) is 22.9. The quantitative estimate of drug-likeness (QED) is 0.389. The smallest absolute Gasteiger partial charge is 0.270 e. The molecule has 1 heterocycles. The molecule has 0 spiro atoms. The largest absolute Gasteiger partial charge is 0.492 e. The summed E-state index contributed by atoms with van der Waals surface area (Å²) in [6, 6.07) is 11.1. The van der Waals surface area contributed by atoms with Crippen molar-refractivity contribution in [2.24, 2.45) is 7.05 Å². The van der Waals surface area contributed by atoms with Crippen molar-refractivity contribution < 1.29 is 27.1 Å². The third-order valence-corrected chi connectivity index (χ3v) is 6.48. The normalized spacial score (nSPS) is 11.6. The molecule has 2 unspecified atom stereocenters. The van der Waals surface area contributed by atoms with Gasteiger partial charge in [-0.05, 0) is 62.2 Å². The molecule has 1 aromatic heterocycles. The van der Waals surface area contributed by atoms with Gasteiger partial charge in [-0.25, -0.2) is 8.42 Å². The average molecular weight is 553 g/mol. The number of rotatable bonds is 9. The fraction of sp³-hybridized carbons (Fsp3) is 0.217. The molecule has 36 heavy (non-hydrogen) atoms. The number of alkyl halides is 1. The molecule has 3 rings (SSSR count). The second-order valence-corrected chi connectivity index (χ2v) is 11.7. The van der Waals surface area contributed by atoms with E-state index in [0.717, 1.165) is 0 Å². The molecule has 2 atom stereocenters. The number of hydrogen-bond donors (Lipinski definition) is 2. The van der Waals surface area contributed by atoms with Gasteiger partial charge in [0.05, 0.1) is 12.3 Å². The van der Waals surface area contributed by atoms with Crippen LogP contribution in [0.5, 0.6) is 11.5 Å². The van der Waals surface area contributed by atoms with Crippen molar-refractivity contribution >= 4 is 45.8 Å². The lowest BCUT2D eigenvalue weighted by Gasteiger charge is -2.18. The first-order valence-electron chi connectivity index (χ1n) is 10.6. The Balaban J connectivity index is 1.88. The number of anilines is 2. The number of nitrogens with one attached hydrogen (secondary N) is 2. The molecule has 0 aliphatic heterocycles. The van der Waals surface area contributed by atoms with Gasteiger partial charge in [-0.3, -0.25) is 14.3 Å². The number of amides is 1. The predicted octanol–water partition coefficient (Wildman–Crippen LogP) is 3.86. The lowest BCUT2D eigenvalue weighted by molar-refractivity contribution is 0.102. The van der Waals surface area contributed by atoms with Crippen LogP contribution in [0.2, 0.25) is 0 Å². The van der Waals surface area contributed by atoms with Gasteiger partial charge in [0.1, 0.15) is 16.4 Å². The highest BCUT2D eigenvalue weighted by molar-refractivity contribution is 7.92. The Labute approximate surface area is 212 Å². The van der Waals surface area contributed by atoms with Crippen LogP contribution >= 0.6 is 18.5 Å². The van der Waals surface area contributed by atoms with Crippen LogP contribution in [0.3, 0.4) is 0 Å². The van der Waals surface area contributed by atoms with Gasteiger partial charge in [-0.1, -0.05) is 6.07 Å². The Bertz CT molecular complexity index is 1450. The molecular weight excluding hydrogens is 527 g/mol. The molecule has 0 aliphatic carbocycles. The lowest BCUT2D eigenvalue weighted by Crippen LogP contribution is -2.22. The maximum absolute atomic E-state index is 13.7. The van der Waals surface area contributed by atoms with Crippen molar-refractivity contribution in [1.29, 1.82) is 0 Å². The number of hydrogen-bond acceptors (Lipinski definition) is 6. The number of aryl methyl sites for hydroxylation is 2. The maximum atomic E-state index is 13.7. The number of pyridine rings is 1. The molecule has 3 aromatic rings. The molecule has 9 nitrogen and oxygen atoms in total. The number of carbonyl (C=O) groups excluding carboxylic acids is 1. The van der Waals surface area contributed by atoms with E-state index in [-0.39, 0.29) is 45.5 Å². The predicted molar refractivity (Wildman–Crippen MR) is 143 cm³/mol. The van der Waals surface area contributed by atoms with Gasteiger partial charge < -0.3 is 19.4 Å². The highest BCUT2D eigenvalue weighted by Gasteiger charge is 2.22. The van der Waals surface area contributed by atoms with E-state index >= 15 is 0 Å². The van der Waals surface area contributed by atoms with Gasteiger partial charge in [0.25, 0.3) is 26.8 Å². The van der Waals surface area contributed by atoms with E-state index < -0.39 is 21.3 Å². The van der Waals surface area contributed by atoms with Crippen molar-refractivity contribution in [3.63, 3.8) is 0 Å². The van der Waals surface area contributed by atoms with Crippen LogP contribution in [-0.4, -0.2) is 30.8 Å². The number of aromatic nitrogens is 1. The van der Waals surface area contributed by atoms with Gasteiger partial charge >= 0.3 is 0 Å². The highest BCUT2D eigenvalue weighted by atomic mass is 32.2. The topological polar surface area (TPSA) is 116 Å². The zero-order chi connectivity index (χ0) is 26.7. The minimum atomic E-state index is -4.13. The molecule has 0 radical (unpaired) electrons. The summed E-state index contributed by atoms with van der Waals surface area (Å²) in [4.78, 5) is 24.5. The summed E-state index contributed by atoms with van der Waals surface area (Å²) in [6.07, 6.45) is 1.55. The van der Waals surface area contributed by atoms with Crippen molar-refractivity contribution in [2.45, 2.75) is 24.1 Å². The van der Waals surface area contributed by atoms with Crippen molar-refractivity contribution in [1.82, 2.24) is 4.57 Å². The monoisotopic (exact) mass is 553 g/mol. The number of sulfonamides is 1. The summed E-state index contributed by atoms with van der Waals surface area (Å²) in [5, 5.41) is 0.558. The minimum Gasteiger partial charge on any atom is -0.492 e. The van der Waals surface area contributed by atoms with Crippen LogP contribution in [0.15, 0.2) is 64.4 Å². The fourth-order valence-electron chi connectivity index (χ4n) is 3.30. The Morgan fingerprint density at radius 2 is 1.86 bits per heavy atom. The fourth-order valence-corrected chi connectivity index (χ4v) is 4.75. The Kier molecular flexibility index (Phi) is 8.39. The molecular formula is C23H26FN3O6P2S. The number of carbonyl (C=O) groups is 1. The van der Waals surface area contributed by atoms with Crippen molar-refractivity contribution in [2.75, 3.05) is 16.6 Å². The van der Waals surface area contributed by atoms with E-state index in [1.807, 2.05) is 18.5 Å². The standard InChI is InChI=1S/C23H26FN3O6P2S/c1-4-32-19-11-15(25-22(29)18-12-21(28)27(3)13-14(18)2)8-9-20(19)36(30,31)26-16-6-5-7-17(10-16)33-23(24,34)35/h5-13,26H,4,34-35H2,1-3H3,(H,25,29). The molecule has 13 heteroatoms. The van der Waals surface area contributed by atoms with Crippen LogP contribution in [-0.2, 0) is 17.1 Å². The van der Waals surface area contributed by atoms with Crippen LogP contribution < -0.4 is 25.1 Å². The van der Waals surface area contributed by atoms with E-state index in [0.29, 0.717) is 5.56 Å². The molecule has 0 saturated carbocycles. The Morgan fingerprint density at radius 1 is 1.14 bits per heavy atom. The van der Waals surface area contributed by atoms with E-state index in [1.54, 1.807) is 27.1 Å². The van der Waals surface area contributed by atoms with Crippen molar-refractivity contribution in [3.8, 4) is 11.5 Å². The van der Waals surface area contributed by atoms with Gasteiger partial charge in [-0.2, -0.15) is 4.39 Å². The van der Waals surface area contributed by atoms with E-state index in [9.17, 15) is 22.4 Å². The van der Waals surface area contributed by atoms with E-state index in [4.69, 9.17) is 9.47 Å². The molecule has 0 saturated heterocycles. The Hall–Kier alpha value is -3.00. The van der Waals surface area contributed by atoms with Crippen LogP contribution in [0.1, 0.15) is 22.8 Å². The van der Waals surface area contributed by atoms with Crippen molar-refractivity contribution in [3.05, 3.63) is 76.2 Å². The molecule has 2 aromatic carbocycles. The first-order valence-corrected chi connectivity index (χ1v) is 13.3. The third-order valence-electron chi connectivity index (χ3n) is 4.82. The lowest BCUT2D eigenvalue weighted by atomic mass is 10.1. The minimum absolute atomic E-state index is 0.00796. The van der Waals surface area contributed by atoms with Gasteiger partial charge in [0.2, 0.25) is 0 Å². The second kappa shape index (κ2) is 10.9. The van der Waals surface area contributed by atoms with Gasteiger partial charge in [0, 0.05) is 42.7 Å². The summed E-state index contributed by atoms with van der Waals surface area (Å²) >= 11 is 0. The molecule has 1 amide bonds. The molecule has 0 aliphatic rings. The number of ether oxygens (including phenoxy) is 2. The third kappa shape index (κ3) is 7.03. The number of benzene rings is 2. The average Bonchev–Trinajstić information content (AvgIpc) is 2.75. The van der Waals surface area contributed by atoms with Crippen LogP contribution in [0.4, 0.5) is 15.8 Å². The summed E-state index contributed by atoms with van der Waals surface area (Å²) < 4.78 is 54.4. The van der Waals surface area contributed by atoms with Gasteiger partial charge in [-0.15, -0.1) is 0 Å². The maximum Gasteiger partial charge on any atom is 0.270 e. The molecule has 2 N–H and O–H groups in total. The van der Waals surface area contributed by atoms with Gasteiger partial charge in [0.15, 0.2) is 0 Å². The van der Waals surface area contributed by atoms with Crippen LogP contribution in [0, 0.1) is 6.92 Å². The number of nitrogens with zero attached hydrogens (tertiary/aromatic N) is 1. The molecule has 0 fully saturated rings. The first kappa shape index (κ1) is 27.6. The zero-order valence-electron chi connectivity index (χ0n) is 19.7. The first-order chi connectivity index (χ1) is 16.8. The summed E-state index contributed by atoms with van der Waals surface area (Å²) in [5.74, 6) is -0.407. The summed E-state index contributed by atoms with van der Waals surface area (Å²) in [5.41, 5.74) is 0.883. The Morgan fingerprint density at radius 3 is 2.53 bits per heavy atom. The summed E-state index contributed by atoms with van der Waals surface area (Å²) in [7, 11) is 1.17. The van der Waals surface area contributed by atoms with Crippen LogP contribution in [0.25, 0.3) is 0 Å². The van der Waals surface area contributed by atoms with E-state index in [1.165, 1.54) is 53.1 Å². The SMILES string of the molecule is CCOc1cc(NC(=O)c2cc(=O)n(C)cc2C)ccc1S(=O)(=O)Nc1cccc(OC(F)(P)P)c1. The highest BCUT2D eigenvalue weighted by Crippen LogP contribution is 2.34.